The average molecular weight is 334 g/mol. The lowest BCUT2D eigenvalue weighted by atomic mass is 10.1. The van der Waals surface area contributed by atoms with Crippen LogP contribution in [0.15, 0.2) is 36.4 Å². The minimum Gasteiger partial charge on any atom is -0.454 e. The first-order valence-corrected chi connectivity index (χ1v) is 7.08. The van der Waals surface area contributed by atoms with E-state index >= 15 is 0 Å². The van der Waals surface area contributed by atoms with E-state index in [1.807, 2.05) is 25.1 Å². The number of rotatable bonds is 3. The maximum atomic E-state index is 12.5. The molecule has 1 aliphatic rings. The van der Waals surface area contributed by atoms with Crippen molar-refractivity contribution in [1.29, 1.82) is 0 Å². The van der Waals surface area contributed by atoms with E-state index in [0.717, 1.165) is 5.69 Å². The molecule has 0 amide bonds. The lowest BCUT2D eigenvalue weighted by molar-refractivity contribution is 0.0990. The first kappa shape index (κ1) is 13.1. The fourth-order valence-corrected chi connectivity index (χ4v) is 2.56. The summed E-state index contributed by atoms with van der Waals surface area (Å²) in [4.78, 5) is 16.4. The molecule has 0 aliphatic carbocycles. The molecule has 3 rings (SSSR count). The third-order valence-corrected chi connectivity index (χ3v) is 3.94. The van der Waals surface area contributed by atoms with Gasteiger partial charge in [-0.1, -0.05) is 22.0 Å². The number of Topliss-reactive ketones (excluding diaryl/α,β-unsaturated/α-hetero) is 1. The van der Waals surface area contributed by atoms with E-state index in [1.165, 1.54) is 0 Å². The van der Waals surface area contributed by atoms with E-state index in [4.69, 9.17) is 9.47 Å². The molecular weight excluding hydrogens is 322 g/mol. The Hall–Kier alpha value is -1.88. The quantitative estimate of drug-likeness (QED) is 0.637. The molecule has 0 N–H and O–H groups in total. The molecule has 1 aliphatic heterocycles. The van der Waals surface area contributed by atoms with Gasteiger partial charge in [-0.15, -0.1) is 0 Å². The molecule has 5 heteroatoms. The zero-order chi connectivity index (χ0) is 14.1. The molecule has 2 heterocycles. The van der Waals surface area contributed by atoms with Gasteiger partial charge in [-0.05, 0) is 37.3 Å². The Bertz CT molecular complexity index is 672. The van der Waals surface area contributed by atoms with Gasteiger partial charge in [-0.2, -0.15) is 0 Å². The van der Waals surface area contributed by atoms with Crippen molar-refractivity contribution in [3.05, 3.63) is 53.3 Å². The second-order valence-electron chi connectivity index (χ2n) is 4.50. The predicted molar refractivity (Wildman–Crippen MR) is 77.5 cm³/mol. The van der Waals surface area contributed by atoms with Crippen LogP contribution in [0.2, 0.25) is 0 Å². The molecule has 1 aromatic heterocycles. The first-order chi connectivity index (χ1) is 9.65. The highest BCUT2D eigenvalue weighted by atomic mass is 79.9. The van der Waals surface area contributed by atoms with Gasteiger partial charge in [-0.3, -0.25) is 9.78 Å². The predicted octanol–water partition coefficient (Wildman–Crippen LogP) is 3.44. The van der Waals surface area contributed by atoms with E-state index in [2.05, 4.69) is 20.9 Å². The third kappa shape index (κ3) is 2.41. The highest BCUT2D eigenvalue weighted by Gasteiger charge is 2.23. The van der Waals surface area contributed by atoms with E-state index in [9.17, 15) is 4.79 Å². The molecule has 1 unspecified atom stereocenters. The van der Waals surface area contributed by atoms with Gasteiger partial charge >= 0.3 is 0 Å². The number of hydrogen-bond acceptors (Lipinski definition) is 4. The molecule has 2 aromatic rings. The number of hydrogen-bond donors (Lipinski definition) is 0. The second-order valence-corrected chi connectivity index (χ2v) is 5.41. The Morgan fingerprint density at radius 2 is 2.05 bits per heavy atom. The van der Waals surface area contributed by atoms with Crippen molar-refractivity contribution in [2.45, 2.75) is 11.8 Å². The Morgan fingerprint density at radius 1 is 1.25 bits per heavy atom. The zero-order valence-corrected chi connectivity index (χ0v) is 12.4. The number of carbonyl (C=O) groups is 1. The van der Waals surface area contributed by atoms with Crippen LogP contribution in [0.5, 0.6) is 11.5 Å². The summed E-state index contributed by atoms with van der Waals surface area (Å²) < 4.78 is 10.5. The van der Waals surface area contributed by atoms with E-state index in [-0.39, 0.29) is 12.6 Å². The van der Waals surface area contributed by atoms with Crippen LogP contribution in [-0.4, -0.2) is 17.6 Å². The molecule has 0 spiro atoms. The lowest BCUT2D eigenvalue weighted by Crippen LogP contribution is -2.09. The standard InChI is InChI=1S/C15H12BrNO3/c1-9-3-2-4-11(17-9)14(16)15(18)10-5-6-12-13(7-10)20-8-19-12/h2-7,14H,8H2,1H3. The van der Waals surface area contributed by atoms with E-state index < -0.39 is 4.83 Å². The summed E-state index contributed by atoms with van der Waals surface area (Å²) in [5, 5.41) is 0. The molecule has 1 aromatic carbocycles. The summed E-state index contributed by atoms with van der Waals surface area (Å²) in [6, 6.07) is 10.8. The maximum absolute atomic E-state index is 12.5. The fraction of sp³-hybridized carbons (Fsp3) is 0.200. The molecule has 0 bridgehead atoms. The molecule has 4 nitrogen and oxygen atoms in total. The Morgan fingerprint density at radius 3 is 2.85 bits per heavy atom. The SMILES string of the molecule is Cc1cccc(C(Br)C(=O)c2ccc3c(c2)OCO3)n1. The normalized spacial score (nSPS) is 14.1. The van der Waals surface area contributed by atoms with Crippen LogP contribution in [0.25, 0.3) is 0 Å². The Labute approximate surface area is 124 Å². The van der Waals surface area contributed by atoms with Crippen LogP contribution in [0.3, 0.4) is 0 Å². The highest BCUT2D eigenvalue weighted by Crippen LogP contribution is 2.34. The summed E-state index contributed by atoms with van der Waals surface area (Å²) in [6.45, 7) is 2.10. The molecule has 20 heavy (non-hydrogen) atoms. The van der Waals surface area contributed by atoms with Gasteiger partial charge < -0.3 is 9.47 Å². The number of fused-ring (bicyclic) bond motifs is 1. The van der Waals surface area contributed by atoms with E-state index in [0.29, 0.717) is 22.8 Å². The molecule has 0 saturated carbocycles. The minimum absolute atomic E-state index is 0.0543. The number of halogens is 1. The van der Waals surface area contributed by atoms with Crippen molar-refractivity contribution < 1.29 is 14.3 Å². The maximum Gasteiger partial charge on any atom is 0.231 e. The van der Waals surface area contributed by atoms with Crippen molar-refractivity contribution in [3.8, 4) is 11.5 Å². The number of benzene rings is 1. The van der Waals surface area contributed by atoms with Gasteiger partial charge in [0.25, 0.3) is 0 Å². The van der Waals surface area contributed by atoms with Crippen molar-refractivity contribution in [3.63, 3.8) is 0 Å². The van der Waals surface area contributed by atoms with Gasteiger partial charge in [0.2, 0.25) is 6.79 Å². The number of ketones is 1. The van der Waals surface area contributed by atoms with Gasteiger partial charge in [0.05, 0.1) is 5.69 Å². The monoisotopic (exact) mass is 333 g/mol. The summed E-state index contributed by atoms with van der Waals surface area (Å²) in [7, 11) is 0. The van der Waals surface area contributed by atoms with Crippen LogP contribution >= 0.6 is 15.9 Å². The van der Waals surface area contributed by atoms with Gasteiger partial charge in [-0.25, -0.2) is 0 Å². The topological polar surface area (TPSA) is 48.4 Å². The number of pyridine rings is 1. The van der Waals surface area contributed by atoms with Crippen molar-refractivity contribution in [1.82, 2.24) is 4.98 Å². The van der Waals surface area contributed by atoms with Crippen LogP contribution in [0.4, 0.5) is 0 Å². The van der Waals surface area contributed by atoms with Crippen LogP contribution < -0.4 is 9.47 Å². The van der Waals surface area contributed by atoms with E-state index in [1.54, 1.807) is 18.2 Å². The zero-order valence-electron chi connectivity index (χ0n) is 10.8. The molecule has 0 radical (unpaired) electrons. The number of aryl methyl sites for hydroxylation is 1. The summed E-state index contributed by atoms with van der Waals surface area (Å²) in [5.74, 6) is 1.22. The number of ether oxygens (including phenoxy) is 2. The number of alkyl halides is 1. The van der Waals surface area contributed by atoms with Crippen LogP contribution in [-0.2, 0) is 0 Å². The molecular formula is C15H12BrNO3. The molecule has 1 atom stereocenters. The average Bonchev–Trinajstić information content (AvgIpc) is 2.93. The van der Waals surface area contributed by atoms with Crippen LogP contribution in [0, 0.1) is 6.92 Å². The fourth-order valence-electron chi connectivity index (χ4n) is 2.04. The largest absolute Gasteiger partial charge is 0.454 e. The number of aromatic nitrogens is 1. The third-order valence-electron chi connectivity index (χ3n) is 3.06. The Kier molecular flexibility index (Phi) is 3.44. The molecule has 102 valence electrons. The lowest BCUT2D eigenvalue weighted by Gasteiger charge is -2.09. The smallest absolute Gasteiger partial charge is 0.231 e. The first-order valence-electron chi connectivity index (χ1n) is 6.16. The minimum atomic E-state index is -0.470. The second kappa shape index (κ2) is 5.25. The van der Waals surface area contributed by atoms with Gasteiger partial charge in [0, 0.05) is 11.3 Å². The summed E-state index contributed by atoms with van der Waals surface area (Å²) in [5.41, 5.74) is 2.15. The van der Waals surface area contributed by atoms with Gasteiger partial charge in [0.1, 0.15) is 4.83 Å². The van der Waals surface area contributed by atoms with Crippen molar-refractivity contribution in [2.75, 3.05) is 6.79 Å². The summed E-state index contributed by atoms with van der Waals surface area (Å²) >= 11 is 3.42. The molecule has 0 fully saturated rings. The highest BCUT2D eigenvalue weighted by molar-refractivity contribution is 9.09. The van der Waals surface area contributed by atoms with Crippen molar-refractivity contribution >= 4 is 21.7 Å². The van der Waals surface area contributed by atoms with Crippen molar-refractivity contribution in [2.24, 2.45) is 0 Å². The number of carbonyl (C=O) groups excluding carboxylic acids is 1. The number of nitrogens with zero attached hydrogens (tertiary/aromatic N) is 1. The molecule has 0 saturated heterocycles. The Balaban J connectivity index is 1.88. The van der Waals surface area contributed by atoms with Crippen LogP contribution in [0.1, 0.15) is 26.6 Å². The van der Waals surface area contributed by atoms with Gasteiger partial charge in [0.15, 0.2) is 17.3 Å². The summed E-state index contributed by atoms with van der Waals surface area (Å²) in [6.07, 6.45) is 0.